The molecule has 150 valence electrons. The van der Waals surface area contributed by atoms with Gasteiger partial charge < -0.3 is 5.32 Å². The van der Waals surface area contributed by atoms with Crippen molar-refractivity contribution in [3.63, 3.8) is 0 Å². The van der Waals surface area contributed by atoms with Crippen molar-refractivity contribution in [2.45, 2.75) is 18.1 Å². The van der Waals surface area contributed by atoms with Crippen LogP contribution in [0.1, 0.15) is 11.3 Å². The summed E-state index contributed by atoms with van der Waals surface area (Å²) in [6.07, 6.45) is -4.56. The second-order valence-electron chi connectivity index (χ2n) is 6.06. The third-order valence-corrected chi connectivity index (χ3v) is 4.70. The fraction of sp³-hybridized carbons (Fsp3) is 0.150. The molecule has 1 aromatic heterocycles. The molecule has 0 aliphatic rings. The Kier molecular flexibility index (Phi) is 6.17. The lowest BCUT2D eigenvalue weighted by atomic mass is 10.1. The lowest BCUT2D eigenvalue weighted by Gasteiger charge is -2.13. The molecule has 3 aromatic rings. The lowest BCUT2D eigenvalue weighted by Crippen LogP contribution is -2.18. The average Bonchev–Trinajstić information content (AvgIpc) is 2.66. The Morgan fingerprint density at radius 3 is 2.45 bits per heavy atom. The largest absolute Gasteiger partial charge is 0.418 e. The Bertz CT molecular complexity index is 1020. The van der Waals surface area contributed by atoms with Crippen LogP contribution in [0.4, 0.5) is 23.2 Å². The number of nitrogens with one attached hydrogen (secondary N) is 1. The van der Waals surface area contributed by atoms with Gasteiger partial charge in [-0.05, 0) is 49.4 Å². The molecule has 2 aromatic carbocycles. The Balaban J connectivity index is 1.71. The smallest absolute Gasteiger partial charge is 0.325 e. The van der Waals surface area contributed by atoms with Crippen molar-refractivity contribution in [2.24, 2.45) is 0 Å². The molecule has 0 saturated heterocycles. The third-order valence-electron chi connectivity index (χ3n) is 3.79. The summed E-state index contributed by atoms with van der Waals surface area (Å²) in [5, 5.41) is 2.77. The number of hydrogen-bond acceptors (Lipinski definition) is 4. The van der Waals surface area contributed by atoms with E-state index in [4.69, 9.17) is 0 Å². The first-order valence-electron chi connectivity index (χ1n) is 8.43. The zero-order valence-corrected chi connectivity index (χ0v) is 15.9. The number of hydrogen-bond donors (Lipinski definition) is 1. The van der Waals surface area contributed by atoms with Crippen LogP contribution < -0.4 is 5.32 Å². The number of halogens is 4. The zero-order valence-electron chi connectivity index (χ0n) is 15.1. The summed E-state index contributed by atoms with van der Waals surface area (Å²) in [6.45, 7) is 1.75. The van der Waals surface area contributed by atoms with Crippen molar-refractivity contribution in [3.05, 3.63) is 71.7 Å². The number of nitrogens with zero attached hydrogens (tertiary/aromatic N) is 2. The van der Waals surface area contributed by atoms with Gasteiger partial charge in [0.25, 0.3) is 0 Å². The van der Waals surface area contributed by atoms with E-state index in [-0.39, 0.29) is 17.3 Å². The quantitative estimate of drug-likeness (QED) is 0.343. The van der Waals surface area contributed by atoms with Crippen molar-refractivity contribution < 1.29 is 22.4 Å². The number of aromatic nitrogens is 2. The predicted molar refractivity (Wildman–Crippen MR) is 103 cm³/mol. The van der Waals surface area contributed by atoms with E-state index in [2.05, 4.69) is 15.3 Å². The molecule has 0 aliphatic carbocycles. The highest BCUT2D eigenvalue weighted by atomic mass is 32.2. The highest BCUT2D eigenvalue weighted by Crippen LogP contribution is 2.34. The minimum absolute atomic E-state index is 0.133. The fourth-order valence-electron chi connectivity index (χ4n) is 2.51. The first kappa shape index (κ1) is 20.8. The van der Waals surface area contributed by atoms with Crippen LogP contribution in [0, 0.1) is 12.7 Å². The number of carbonyl (C=O) groups is 1. The maximum Gasteiger partial charge on any atom is 0.418 e. The van der Waals surface area contributed by atoms with Crippen LogP contribution in [0.15, 0.2) is 59.6 Å². The van der Waals surface area contributed by atoms with Crippen molar-refractivity contribution in [2.75, 3.05) is 11.1 Å². The summed E-state index contributed by atoms with van der Waals surface area (Å²) >= 11 is 1.07. The molecule has 0 radical (unpaired) electrons. The third kappa shape index (κ3) is 5.54. The molecule has 1 amide bonds. The first-order valence-corrected chi connectivity index (χ1v) is 9.41. The summed E-state index contributed by atoms with van der Waals surface area (Å²) in [5.41, 5.74) is 0.0523. The van der Waals surface area contributed by atoms with Crippen molar-refractivity contribution in [1.82, 2.24) is 9.97 Å². The second kappa shape index (κ2) is 8.60. The highest BCUT2D eigenvalue weighted by Gasteiger charge is 2.33. The van der Waals surface area contributed by atoms with Gasteiger partial charge in [0.05, 0.1) is 17.0 Å². The SMILES string of the molecule is Cc1cc(SCC(=O)Nc2ccccc2C(F)(F)F)nc(-c2ccc(F)cc2)n1. The topological polar surface area (TPSA) is 54.9 Å². The zero-order chi connectivity index (χ0) is 21.0. The maximum atomic E-state index is 13.1. The van der Waals surface area contributed by atoms with Crippen LogP contribution in [0.2, 0.25) is 0 Å². The molecule has 9 heteroatoms. The Morgan fingerprint density at radius 1 is 1.07 bits per heavy atom. The van der Waals surface area contributed by atoms with E-state index in [1.54, 1.807) is 25.1 Å². The number of aryl methyl sites for hydroxylation is 1. The number of anilines is 1. The molecule has 0 aliphatic heterocycles. The minimum Gasteiger partial charge on any atom is -0.325 e. The van der Waals surface area contributed by atoms with Crippen molar-refractivity contribution in [1.29, 1.82) is 0 Å². The van der Waals surface area contributed by atoms with E-state index < -0.39 is 17.6 Å². The second-order valence-corrected chi connectivity index (χ2v) is 7.05. The summed E-state index contributed by atoms with van der Waals surface area (Å²) < 4.78 is 52.2. The van der Waals surface area contributed by atoms with E-state index in [1.807, 2.05) is 0 Å². The van der Waals surface area contributed by atoms with Crippen LogP contribution in [-0.4, -0.2) is 21.6 Å². The van der Waals surface area contributed by atoms with E-state index in [0.29, 0.717) is 22.1 Å². The molecule has 0 spiro atoms. The molecule has 4 nitrogen and oxygen atoms in total. The molecule has 0 fully saturated rings. The van der Waals surface area contributed by atoms with Crippen molar-refractivity contribution >= 4 is 23.4 Å². The number of benzene rings is 2. The Hall–Kier alpha value is -2.94. The number of rotatable bonds is 5. The molecule has 1 heterocycles. The molecule has 0 atom stereocenters. The van der Waals surface area contributed by atoms with E-state index >= 15 is 0 Å². The summed E-state index contributed by atoms with van der Waals surface area (Å²) in [5.74, 6) is -0.737. The summed E-state index contributed by atoms with van der Waals surface area (Å²) in [7, 11) is 0. The van der Waals surface area contributed by atoms with Crippen LogP contribution >= 0.6 is 11.8 Å². The van der Waals surface area contributed by atoms with Gasteiger partial charge in [-0.15, -0.1) is 0 Å². The summed E-state index contributed by atoms with van der Waals surface area (Å²) in [6, 6.07) is 12.1. The number of alkyl halides is 3. The highest BCUT2D eigenvalue weighted by molar-refractivity contribution is 7.99. The van der Waals surface area contributed by atoms with E-state index in [1.165, 1.54) is 30.3 Å². The maximum absolute atomic E-state index is 13.1. The van der Waals surface area contributed by atoms with Crippen LogP contribution in [0.5, 0.6) is 0 Å². The number of carbonyl (C=O) groups excluding carboxylic acids is 1. The van der Waals surface area contributed by atoms with E-state index in [9.17, 15) is 22.4 Å². The van der Waals surface area contributed by atoms with Gasteiger partial charge in [0.15, 0.2) is 5.82 Å². The average molecular weight is 421 g/mol. The number of thioether (sulfide) groups is 1. The monoisotopic (exact) mass is 421 g/mol. The molecular formula is C20H15F4N3OS. The predicted octanol–water partition coefficient (Wildman–Crippen LogP) is 5.34. The van der Waals surface area contributed by atoms with Gasteiger partial charge in [0.1, 0.15) is 10.8 Å². The number of para-hydroxylation sites is 1. The Labute approximate surface area is 168 Å². The van der Waals surface area contributed by atoms with Crippen molar-refractivity contribution in [3.8, 4) is 11.4 Å². The van der Waals surface area contributed by atoms with Gasteiger partial charge in [0, 0.05) is 11.3 Å². The van der Waals surface area contributed by atoms with Crippen LogP contribution in [-0.2, 0) is 11.0 Å². The summed E-state index contributed by atoms with van der Waals surface area (Å²) in [4.78, 5) is 20.8. The molecule has 0 bridgehead atoms. The standard InChI is InChI=1S/C20H15F4N3OS/c1-12-10-18(27-19(25-12)13-6-8-14(21)9-7-13)29-11-17(28)26-16-5-3-2-4-15(16)20(22,23)24/h2-10H,11H2,1H3,(H,26,28). The van der Waals surface area contributed by atoms with Crippen LogP contribution in [0.25, 0.3) is 11.4 Å². The minimum atomic E-state index is -4.56. The molecule has 3 rings (SSSR count). The molecular weight excluding hydrogens is 406 g/mol. The normalized spacial score (nSPS) is 11.3. The van der Waals surface area contributed by atoms with E-state index in [0.717, 1.165) is 17.8 Å². The Morgan fingerprint density at radius 2 is 1.76 bits per heavy atom. The van der Waals surface area contributed by atoms with Gasteiger partial charge in [-0.25, -0.2) is 14.4 Å². The molecule has 29 heavy (non-hydrogen) atoms. The van der Waals surface area contributed by atoms with Gasteiger partial charge in [-0.2, -0.15) is 13.2 Å². The molecule has 1 N–H and O–H groups in total. The lowest BCUT2D eigenvalue weighted by molar-refractivity contribution is -0.137. The van der Waals surface area contributed by atoms with Gasteiger partial charge >= 0.3 is 6.18 Å². The van der Waals surface area contributed by atoms with Gasteiger partial charge in [-0.3, -0.25) is 4.79 Å². The fourth-order valence-corrected chi connectivity index (χ4v) is 3.26. The van der Waals surface area contributed by atoms with Gasteiger partial charge in [-0.1, -0.05) is 23.9 Å². The number of amides is 1. The molecule has 0 unspecified atom stereocenters. The van der Waals surface area contributed by atoms with Gasteiger partial charge in [0.2, 0.25) is 5.91 Å². The molecule has 0 saturated carbocycles. The van der Waals surface area contributed by atoms with Crippen LogP contribution in [0.3, 0.4) is 0 Å². The first-order chi connectivity index (χ1) is 13.7.